The molecule has 0 radical (unpaired) electrons. The molecule has 1 aliphatic carbocycles. The molecule has 138 valence electrons. The molecule has 0 heterocycles. The molecule has 0 bridgehead atoms. The SMILES string of the molecule is Cc1cc(NC(=O)c2cccc(S(=O)(=O)N[C@H]3C[C@H](O)C3)c2)ccc1F. The molecule has 6 nitrogen and oxygen atoms in total. The summed E-state index contributed by atoms with van der Waals surface area (Å²) >= 11 is 0. The molecule has 1 saturated carbocycles. The third-order valence-electron chi connectivity index (χ3n) is 4.26. The molecular formula is C18H19FN2O4S. The van der Waals surface area contributed by atoms with Crippen LogP contribution < -0.4 is 10.0 Å². The minimum atomic E-state index is -3.78. The van der Waals surface area contributed by atoms with Gasteiger partial charge in [-0.25, -0.2) is 17.5 Å². The zero-order valence-corrected chi connectivity index (χ0v) is 14.9. The Morgan fingerprint density at radius 2 is 1.92 bits per heavy atom. The van der Waals surface area contributed by atoms with Gasteiger partial charge in [-0.15, -0.1) is 0 Å². The van der Waals surface area contributed by atoms with Gasteiger partial charge in [0.15, 0.2) is 0 Å². The van der Waals surface area contributed by atoms with Crippen molar-refractivity contribution in [3.63, 3.8) is 0 Å². The van der Waals surface area contributed by atoms with Crippen LogP contribution in [0.5, 0.6) is 0 Å². The van der Waals surface area contributed by atoms with Crippen molar-refractivity contribution in [1.82, 2.24) is 4.72 Å². The van der Waals surface area contributed by atoms with E-state index >= 15 is 0 Å². The first kappa shape index (κ1) is 18.5. The Morgan fingerprint density at radius 3 is 2.58 bits per heavy atom. The lowest BCUT2D eigenvalue weighted by Gasteiger charge is -2.31. The molecule has 0 unspecified atom stereocenters. The minimum Gasteiger partial charge on any atom is -0.393 e. The minimum absolute atomic E-state index is 0.0261. The lowest BCUT2D eigenvalue weighted by Crippen LogP contribution is -2.46. The van der Waals surface area contributed by atoms with E-state index in [4.69, 9.17) is 0 Å². The van der Waals surface area contributed by atoms with E-state index < -0.39 is 22.0 Å². The molecule has 8 heteroatoms. The first-order valence-electron chi connectivity index (χ1n) is 8.12. The van der Waals surface area contributed by atoms with Crippen LogP contribution in [0.3, 0.4) is 0 Å². The Labute approximate surface area is 151 Å². The van der Waals surface area contributed by atoms with Gasteiger partial charge in [0.25, 0.3) is 5.91 Å². The second-order valence-electron chi connectivity index (χ2n) is 6.39. The van der Waals surface area contributed by atoms with Gasteiger partial charge in [-0.3, -0.25) is 4.79 Å². The molecular weight excluding hydrogens is 359 g/mol. The van der Waals surface area contributed by atoms with Crippen molar-refractivity contribution < 1.29 is 22.7 Å². The molecule has 0 saturated heterocycles. The Bertz CT molecular complexity index is 940. The number of rotatable bonds is 5. The van der Waals surface area contributed by atoms with E-state index in [1.54, 1.807) is 6.92 Å². The summed E-state index contributed by atoms with van der Waals surface area (Å²) in [6, 6.07) is 9.55. The highest BCUT2D eigenvalue weighted by Gasteiger charge is 2.31. The number of amides is 1. The smallest absolute Gasteiger partial charge is 0.255 e. The fourth-order valence-electron chi connectivity index (χ4n) is 2.70. The largest absolute Gasteiger partial charge is 0.393 e. The third kappa shape index (κ3) is 4.09. The average molecular weight is 378 g/mol. The molecule has 2 aromatic carbocycles. The predicted octanol–water partition coefficient (Wildman–Crippen LogP) is 2.19. The number of aliphatic hydroxyl groups excluding tert-OH is 1. The average Bonchev–Trinajstić information content (AvgIpc) is 2.57. The van der Waals surface area contributed by atoms with Gasteiger partial charge in [0, 0.05) is 17.3 Å². The number of carbonyl (C=O) groups is 1. The zero-order valence-electron chi connectivity index (χ0n) is 14.1. The molecule has 1 aliphatic rings. The number of aliphatic hydroxyl groups is 1. The molecule has 0 spiro atoms. The summed E-state index contributed by atoms with van der Waals surface area (Å²) in [4.78, 5) is 12.3. The lowest BCUT2D eigenvalue weighted by atomic mass is 9.91. The normalized spacial score (nSPS) is 19.7. The van der Waals surface area contributed by atoms with Gasteiger partial charge < -0.3 is 10.4 Å². The topological polar surface area (TPSA) is 95.5 Å². The number of benzene rings is 2. The molecule has 1 amide bonds. The van der Waals surface area contributed by atoms with E-state index in [9.17, 15) is 22.7 Å². The van der Waals surface area contributed by atoms with Crippen molar-refractivity contribution in [2.75, 3.05) is 5.32 Å². The maximum absolute atomic E-state index is 13.3. The maximum atomic E-state index is 13.3. The van der Waals surface area contributed by atoms with Crippen molar-refractivity contribution in [1.29, 1.82) is 0 Å². The van der Waals surface area contributed by atoms with E-state index in [1.807, 2.05) is 0 Å². The summed E-state index contributed by atoms with van der Waals surface area (Å²) in [5.41, 5.74) is 0.984. The number of hydrogen-bond donors (Lipinski definition) is 3. The van der Waals surface area contributed by atoms with Crippen LogP contribution in [0.25, 0.3) is 0 Å². The summed E-state index contributed by atoms with van der Waals surface area (Å²) in [6.07, 6.45) is 0.283. The van der Waals surface area contributed by atoms with Gasteiger partial charge in [0.1, 0.15) is 5.82 Å². The number of sulfonamides is 1. The lowest BCUT2D eigenvalue weighted by molar-refractivity contribution is 0.0712. The number of carbonyl (C=O) groups excluding carboxylic acids is 1. The highest BCUT2D eigenvalue weighted by atomic mass is 32.2. The van der Waals surface area contributed by atoms with Crippen molar-refractivity contribution >= 4 is 21.6 Å². The monoisotopic (exact) mass is 378 g/mol. The van der Waals surface area contributed by atoms with E-state index in [0.29, 0.717) is 24.1 Å². The number of halogens is 1. The van der Waals surface area contributed by atoms with Crippen LogP contribution in [0, 0.1) is 12.7 Å². The summed E-state index contributed by atoms with van der Waals surface area (Å²) in [6.45, 7) is 1.58. The highest BCUT2D eigenvalue weighted by Crippen LogP contribution is 2.22. The van der Waals surface area contributed by atoms with E-state index in [-0.39, 0.29) is 22.3 Å². The maximum Gasteiger partial charge on any atom is 0.255 e. The molecule has 26 heavy (non-hydrogen) atoms. The molecule has 0 aromatic heterocycles. The zero-order chi connectivity index (χ0) is 18.9. The molecule has 2 aromatic rings. The predicted molar refractivity (Wildman–Crippen MR) is 94.9 cm³/mol. The molecule has 1 fully saturated rings. The van der Waals surface area contributed by atoms with Gasteiger partial charge in [-0.1, -0.05) is 6.07 Å². The number of aryl methyl sites for hydroxylation is 1. The number of nitrogens with one attached hydrogen (secondary N) is 2. The van der Waals surface area contributed by atoms with Gasteiger partial charge >= 0.3 is 0 Å². The Morgan fingerprint density at radius 1 is 1.19 bits per heavy atom. The standard InChI is InChI=1S/C18H19FN2O4S/c1-11-7-13(5-6-17(11)19)20-18(23)12-3-2-4-16(8-12)26(24,25)21-14-9-15(22)10-14/h2-8,14-15,21-22H,9-10H2,1H3,(H,20,23)/t14-,15-. The van der Waals surface area contributed by atoms with Gasteiger partial charge in [-0.2, -0.15) is 0 Å². The van der Waals surface area contributed by atoms with Crippen molar-refractivity contribution in [2.24, 2.45) is 0 Å². The fraction of sp³-hybridized carbons (Fsp3) is 0.278. The Balaban J connectivity index is 1.75. The fourth-order valence-corrected chi connectivity index (χ4v) is 4.01. The third-order valence-corrected chi connectivity index (χ3v) is 5.78. The van der Waals surface area contributed by atoms with Crippen LogP contribution >= 0.6 is 0 Å². The molecule has 3 N–H and O–H groups in total. The first-order valence-corrected chi connectivity index (χ1v) is 9.61. The van der Waals surface area contributed by atoms with Crippen LogP contribution in [0.2, 0.25) is 0 Å². The van der Waals surface area contributed by atoms with Crippen molar-refractivity contribution in [3.8, 4) is 0 Å². The summed E-state index contributed by atoms with van der Waals surface area (Å²) in [5.74, 6) is -0.865. The molecule has 0 aliphatic heterocycles. The number of hydrogen-bond acceptors (Lipinski definition) is 4. The van der Waals surface area contributed by atoms with Crippen LogP contribution in [-0.2, 0) is 10.0 Å². The summed E-state index contributed by atoms with van der Waals surface area (Å²) in [5, 5.41) is 11.9. The second-order valence-corrected chi connectivity index (χ2v) is 8.10. The van der Waals surface area contributed by atoms with Crippen molar-refractivity contribution in [3.05, 3.63) is 59.4 Å². The first-order chi connectivity index (χ1) is 12.2. The highest BCUT2D eigenvalue weighted by molar-refractivity contribution is 7.89. The Kier molecular flexibility index (Phi) is 5.08. The van der Waals surface area contributed by atoms with Crippen LogP contribution in [0.15, 0.2) is 47.4 Å². The van der Waals surface area contributed by atoms with Gasteiger partial charge in [0.05, 0.1) is 11.0 Å². The van der Waals surface area contributed by atoms with Gasteiger partial charge in [0.2, 0.25) is 10.0 Å². The van der Waals surface area contributed by atoms with E-state index in [0.717, 1.165) is 0 Å². The molecule has 3 rings (SSSR count). The van der Waals surface area contributed by atoms with Crippen LogP contribution in [-0.4, -0.2) is 31.6 Å². The van der Waals surface area contributed by atoms with Gasteiger partial charge in [-0.05, 0) is 61.7 Å². The van der Waals surface area contributed by atoms with Crippen LogP contribution in [0.1, 0.15) is 28.8 Å². The van der Waals surface area contributed by atoms with E-state index in [2.05, 4.69) is 10.0 Å². The second kappa shape index (κ2) is 7.14. The summed E-state index contributed by atoms with van der Waals surface area (Å²) in [7, 11) is -3.78. The van der Waals surface area contributed by atoms with E-state index in [1.165, 1.54) is 42.5 Å². The number of anilines is 1. The Hall–Kier alpha value is -2.29. The quantitative estimate of drug-likeness (QED) is 0.743. The summed E-state index contributed by atoms with van der Waals surface area (Å²) < 4.78 is 40.6. The van der Waals surface area contributed by atoms with Crippen LogP contribution in [0.4, 0.5) is 10.1 Å². The molecule has 0 atom stereocenters. The van der Waals surface area contributed by atoms with Crippen molar-refractivity contribution in [2.45, 2.75) is 36.8 Å².